The maximum Gasteiger partial charge on any atom is 0.332 e. The average molecular weight is 421 g/mol. The molecule has 0 atom stereocenters. The Morgan fingerprint density at radius 1 is 1.14 bits per heavy atom. The molecule has 0 saturated heterocycles. The molecule has 0 aliphatic rings. The lowest BCUT2D eigenvalue weighted by Crippen LogP contribution is -2.38. The van der Waals surface area contributed by atoms with E-state index in [4.69, 9.17) is 23.2 Å². The number of halogens is 2. The fourth-order valence-electron chi connectivity index (χ4n) is 2.97. The van der Waals surface area contributed by atoms with E-state index in [1.54, 1.807) is 12.3 Å². The summed E-state index contributed by atoms with van der Waals surface area (Å²) >= 11 is 12.1. The van der Waals surface area contributed by atoms with Crippen LogP contribution in [0.15, 0.2) is 34.0 Å². The van der Waals surface area contributed by atoms with Gasteiger partial charge in [0, 0.05) is 25.3 Å². The van der Waals surface area contributed by atoms with Gasteiger partial charge in [-0.3, -0.25) is 18.7 Å². The predicted molar refractivity (Wildman–Crippen MR) is 111 cm³/mol. The Labute approximate surface area is 170 Å². The quantitative estimate of drug-likeness (QED) is 0.703. The summed E-state index contributed by atoms with van der Waals surface area (Å²) in [5.74, 6) is -0.554. The van der Waals surface area contributed by atoms with Gasteiger partial charge >= 0.3 is 5.69 Å². The minimum Gasteiger partial charge on any atom is -0.321 e. The molecule has 0 aliphatic heterocycles. The van der Waals surface area contributed by atoms with Crippen LogP contribution in [0.1, 0.15) is 35.7 Å². The highest BCUT2D eigenvalue weighted by Crippen LogP contribution is 2.30. The van der Waals surface area contributed by atoms with Crippen molar-refractivity contribution in [2.75, 3.05) is 5.32 Å². The summed E-state index contributed by atoms with van der Waals surface area (Å²) in [6.45, 7) is 3.83. The summed E-state index contributed by atoms with van der Waals surface area (Å²) in [6, 6.07) is 4.55. The largest absolute Gasteiger partial charge is 0.332 e. The minimum atomic E-state index is -0.541. The van der Waals surface area contributed by atoms with Gasteiger partial charge in [0.15, 0.2) is 5.65 Å². The molecule has 2 heterocycles. The average Bonchev–Trinajstić information content (AvgIpc) is 2.65. The van der Waals surface area contributed by atoms with Gasteiger partial charge in [-0.25, -0.2) is 9.78 Å². The normalized spacial score (nSPS) is 11.2. The molecule has 0 aliphatic carbocycles. The van der Waals surface area contributed by atoms with Crippen LogP contribution in [0.2, 0.25) is 10.0 Å². The van der Waals surface area contributed by atoms with E-state index in [0.717, 1.165) is 4.57 Å². The molecule has 1 amide bonds. The van der Waals surface area contributed by atoms with E-state index in [0.29, 0.717) is 16.3 Å². The fraction of sp³-hybridized carbons (Fsp3) is 0.263. The van der Waals surface area contributed by atoms with Crippen LogP contribution in [-0.4, -0.2) is 20.0 Å². The molecule has 9 heteroatoms. The zero-order chi connectivity index (χ0) is 20.7. The number of hydrogen-bond donors (Lipinski definition) is 1. The van der Waals surface area contributed by atoms with Gasteiger partial charge in [-0.05, 0) is 29.7 Å². The van der Waals surface area contributed by atoms with Crippen molar-refractivity contribution in [3.8, 4) is 0 Å². The van der Waals surface area contributed by atoms with E-state index in [2.05, 4.69) is 10.3 Å². The maximum absolute atomic E-state index is 12.9. The number of aromatic nitrogens is 3. The number of rotatable bonds is 3. The van der Waals surface area contributed by atoms with E-state index in [9.17, 15) is 14.4 Å². The SMILES string of the molecule is CC(C)c1cnc2c(c1NC(=O)c1cc(Cl)ccc1Cl)c(=O)n(C)c(=O)n2C. The monoisotopic (exact) mass is 420 g/mol. The Morgan fingerprint density at radius 2 is 1.82 bits per heavy atom. The van der Waals surface area contributed by atoms with Gasteiger partial charge < -0.3 is 5.32 Å². The standard InChI is InChI=1S/C19H18Cl2N4O3/c1-9(2)12-8-22-16-14(18(27)25(4)19(28)24(16)3)15(12)23-17(26)11-7-10(20)5-6-13(11)21/h5-9H,1-4H3,(H,22,23,26). The van der Waals surface area contributed by atoms with Crippen LogP contribution in [0.25, 0.3) is 11.0 Å². The number of aryl methyl sites for hydroxylation is 1. The number of amides is 1. The van der Waals surface area contributed by atoms with Crippen molar-refractivity contribution < 1.29 is 4.79 Å². The van der Waals surface area contributed by atoms with E-state index >= 15 is 0 Å². The molecule has 0 radical (unpaired) electrons. The fourth-order valence-corrected chi connectivity index (χ4v) is 3.34. The molecule has 0 unspecified atom stereocenters. The van der Waals surface area contributed by atoms with Gasteiger partial charge in [0.05, 0.1) is 16.3 Å². The molecule has 0 spiro atoms. The smallest absolute Gasteiger partial charge is 0.321 e. The molecule has 1 N–H and O–H groups in total. The highest BCUT2D eigenvalue weighted by molar-refractivity contribution is 6.36. The lowest BCUT2D eigenvalue weighted by atomic mass is 10.0. The highest BCUT2D eigenvalue weighted by Gasteiger charge is 2.21. The van der Waals surface area contributed by atoms with Crippen molar-refractivity contribution in [1.29, 1.82) is 0 Å². The van der Waals surface area contributed by atoms with Crippen LogP contribution in [0, 0.1) is 0 Å². The number of nitrogens with zero attached hydrogens (tertiary/aromatic N) is 3. The van der Waals surface area contributed by atoms with Gasteiger partial charge in [0.1, 0.15) is 5.39 Å². The Kier molecular flexibility index (Phi) is 5.32. The number of hydrogen-bond acceptors (Lipinski definition) is 4. The molecule has 146 valence electrons. The van der Waals surface area contributed by atoms with Crippen LogP contribution in [0.5, 0.6) is 0 Å². The van der Waals surface area contributed by atoms with Crippen molar-refractivity contribution in [1.82, 2.24) is 14.1 Å². The van der Waals surface area contributed by atoms with Crippen molar-refractivity contribution in [3.63, 3.8) is 0 Å². The van der Waals surface area contributed by atoms with Crippen LogP contribution in [-0.2, 0) is 14.1 Å². The molecule has 28 heavy (non-hydrogen) atoms. The topological polar surface area (TPSA) is 86.0 Å². The second kappa shape index (κ2) is 7.41. The van der Waals surface area contributed by atoms with Crippen molar-refractivity contribution in [2.24, 2.45) is 14.1 Å². The molecule has 7 nitrogen and oxygen atoms in total. The lowest BCUT2D eigenvalue weighted by Gasteiger charge is -2.17. The van der Waals surface area contributed by atoms with Crippen molar-refractivity contribution >= 4 is 45.8 Å². The number of nitrogens with one attached hydrogen (secondary N) is 1. The second-order valence-corrected chi connectivity index (χ2v) is 7.57. The molecule has 2 aromatic heterocycles. The first-order valence-corrected chi connectivity index (χ1v) is 9.24. The number of carbonyl (C=O) groups excluding carboxylic acids is 1. The van der Waals surface area contributed by atoms with Crippen molar-refractivity contribution in [3.05, 3.63) is 66.4 Å². The van der Waals surface area contributed by atoms with E-state index in [1.807, 2.05) is 13.8 Å². The second-order valence-electron chi connectivity index (χ2n) is 6.73. The maximum atomic E-state index is 12.9. The number of anilines is 1. The Bertz CT molecular complexity index is 1230. The highest BCUT2D eigenvalue weighted by atomic mass is 35.5. The third-order valence-electron chi connectivity index (χ3n) is 4.53. The third-order valence-corrected chi connectivity index (χ3v) is 5.10. The molecule has 3 rings (SSSR count). The Morgan fingerprint density at radius 3 is 2.46 bits per heavy atom. The molecule has 0 bridgehead atoms. The molecule has 0 saturated carbocycles. The Hall–Kier alpha value is -2.64. The van der Waals surface area contributed by atoms with E-state index < -0.39 is 17.2 Å². The van der Waals surface area contributed by atoms with Crippen LogP contribution in [0.4, 0.5) is 5.69 Å². The van der Waals surface area contributed by atoms with Crippen LogP contribution < -0.4 is 16.6 Å². The minimum absolute atomic E-state index is 0.0380. The first-order valence-electron chi connectivity index (χ1n) is 8.48. The van der Waals surface area contributed by atoms with Gasteiger partial charge in [-0.2, -0.15) is 0 Å². The molecular weight excluding hydrogens is 403 g/mol. The van der Waals surface area contributed by atoms with E-state index in [1.165, 1.54) is 30.8 Å². The molecule has 3 aromatic rings. The zero-order valence-corrected chi connectivity index (χ0v) is 17.2. The summed E-state index contributed by atoms with van der Waals surface area (Å²) in [5, 5.41) is 3.52. The first kappa shape index (κ1) is 20.1. The predicted octanol–water partition coefficient (Wildman–Crippen LogP) is 3.31. The number of carbonyl (C=O) groups is 1. The summed E-state index contributed by atoms with van der Waals surface area (Å²) in [5.41, 5.74) is 0.283. The number of pyridine rings is 1. The number of fused-ring (bicyclic) bond motifs is 1. The van der Waals surface area contributed by atoms with Crippen LogP contribution >= 0.6 is 23.2 Å². The third kappa shape index (κ3) is 3.31. The lowest BCUT2D eigenvalue weighted by molar-refractivity contribution is 0.102. The first-order chi connectivity index (χ1) is 13.1. The van der Waals surface area contributed by atoms with Gasteiger partial charge in [-0.15, -0.1) is 0 Å². The zero-order valence-electron chi connectivity index (χ0n) is 15.7. The summed E-state index contributed by atoms with van der Waals surface area (Å²) in [6.07, 6.45) is 1.56. The van der Waals surface area contributed by atoms with Gasteiger partial charge in [0.2, 0.25) is 0 Å². The summed E-state index contributed by atoms with van der Waals surface area (Å²) in [4.78, 5) is 42.3. The molecule has 1 aromatic carbocycles. The summed E-state index contributed by atoms with van der Waals surface area (Å²) in [7, 11) is 2.90. The van der Waals surface area contributed by atoms with Gasteiger partial charge in [0.25, 0.3) is 11.5 Å². The summed E-state index contributed by atoms with van der Waals surface area (Å²) < 4.78 is 2.25. The van der Waals surface area contributed by atoms with Crippen LogP contribution in [0.3, 0.4) is 0 Å². The molecular formula is C19H18Cl2N4O3. The Balaban J connectivity index is 2.31. The van der Waals surface area contributed by atoms with E-state index in [-0.39, 0.29) is 27.5 Å². The van der Waals surface area contributed by atoms with Gasteiger partial charge in [-0.1, -0.05) is 37.0 Å². The number of benzene rings is 1. The van der Waals surface area contributed by atoms with Crippen molar-refractivity contribution in [2.45, 2.75) is 19.8 Å². The molecule has 0 fully saturated rings.